The van der Waals surface area contributed by atoms with E-state index in [9.17, 15) is 4.79 Å². The molecule has 0 saturated carbocycles. The fourth-order valence-electron chi connectivity index (χ4n) is 0.444. The van der Waals surface area contributed by atoms with E-state index in [2.05, 4.69) is 6.58 Å². The number of carbonyl (C=O) groups excluding carboxylic acids is 1. The van der Waals surface area contributed by atoms with E-state index < -0.39 is 0 Å². The minimum atomic E-state index is 0.0908. The van der Waals surface area contributed by atoms with Crippen molar-refractivity contribution >= 4 is 5.78 Å². The fraction of sp³-hybridized carbons (Fsp3) is 0.444. The van der Waals surface area contributed by atoms with Crippen LogP contribution < -0.4 is 0 Å². The molecule has 0 fully saturated rings. The van der Waals surface area contributed by atoms with Crippen LogP contribution in [-0.4, -0.2) is 5.78 Å². The van der Waals surface area contributed by atoms with Crippen molar-refractivity contribution < 1.29 is 4.79 Å². The van der Waals surface area contributed by atoms with Crippen LogP contribution in [0, 0.1) is 5.92 Å². The van der Waals surface area contributed by atoms with Crippen molar-refractivity contribution in [3.63, 3.8) is 0 Å². The van der Waals surface area contributed by atoms with Crippen LogP contribution in [0.3, 0.4) is 0 Å². The highest BCUT2D eigenvalue weighted by molar-refractivity contribution is 5.87. The standard InChI is InChI=1S/C9H14O/c1-7(2)8(3)5-6-9(4)10/h5-6,8H,1H2,2-4H3. The maximum absolute atomic E-state index is 10.5. The van der Waals surface area contributed by atoms with Crippen LogP contribution >= 0.6 is 0 Å². The molecule has 1 atom stereocenters. The Hall–Kier alpha value is -0.850. The number of ketones is 1. The van der Waals surface area contributed by atoms with Gasteiger partial charge in [-0.05, 0) is 25.8 Å². The molecule has 0 aliphatic carbocycles. The molecular formula is C9H14O. The highest BCUT2D eigenvalue weighted by atomic mass is 16.1. The number of hydrogen-bond donors (Lipinski definition) is 0. The van der Waals surface area contributed by atoms with E-state index in [1.807, 2.05) is 19.9 Å². The first-order chi connectivity index (χ1) is 4.54. The largest absolute Gasteiger partial charge is 0.295 e. The average Bonchev–Trinajstić information content (AvgIpc) is 1.82. The third-order valence-electron chi connectivity index (χ3n) is 1.40. The van der Waals surface area contributed by atoms with Crippen molar-refractivity contribution in [1.29, 1.82) is 0 Å². The highest BCUT2D eigenvalue weighted by Crippen LogP contribution is 2.07. The second kappa shape index (κ2) is 4.04. The van der Waals surface area contributed by atoms with Gasteiger partial charge in [0, 0.05) is 0 Å². The Morgan fingerprint density at radius 2 is 2.00 bits per heavy atom. The van der Waals surface area contributed by atoms with Gasteiger partial charge in [0.2, 0.25) is 0 Å². The topological polar surface area (TPSA) is 17.1 Å². The normalized spacial score (nSPS) is 13.5. The lowest BCUT2D eigenvalue weighted by molar-refractivity contribution is -0.112. The van der Waals surface area contributed by atoms with Crippen molar-refractivity contribution in [2.24, 2.45) is 5.92 Å². The Kier molecular flexibility index (Phi) is 3.70. The fourth-order valence-corrected chi connectivity index (χ4v) is 0.444. The molecule has 1 nitrogen and oxygen atoms in total. The van der Waals surface area contributed by atoms with Gasteiger partial charge in [0.05, 0.1) is 0 Å². The molecule has 56 valence electrons. The maximum atomic E-state index is 10.5. The molecule has 10 heavy (non-hydrogen) atoms. The summed E-state index contributed by atoms with van der Waals surface area (Å²) in [5, 5.41) is 0. The summed E-state index contributed by atoms with van der Waals surface area (Å²) >= 11 is 0. The van der Waals surface area contributed by atoms with Crippen LogP contribution in [-0.2, 0) is 4.79 Å². The zero-order chi connectivity index (χ0) is 8.15. The Morgan fingerprint density at radius 3 is 2.30 bits per heavy atom. The zero-order valence-electron chi connectivity index (χ0n) is 6.85. The quantitative estimate of drug-likeness (QED) is 0.432. The summed E-state index contributed by atoms with van der Waals surface area (Å²) in [4.78, 5) is 10.5. The zero-order valence-corrected chi connectivity index (χ0v) is 6.85. The Bertz CT molecular complexity index is 166. The Labute approximate surface area is 62.4 Å². The van der Waals surface area contributed by atoms with Gasteiger partial charge in [-0.25, -0.2) is 0 Å². The predicted molar refractivity (Wildman–Crippen MR) is 43.8 cm³/mol. The monoisotopic (exact) mass is 138 g/mol. The first-order valence-corrected chi connectivity index (χ1v) is 3.38. The molecule has 0 aliphatic heterocycles. The summed E-state index contributed by atoms with van der Waals surface area (Å²) < 4.78 is 0. The molecule has 1 heteroatoms. The van der Waals surface area contributed by atoms with Crippen LogP contribution in [0.4, 0.5) is 0 Å². The molecule has 0 radical (unpaired) electrons. The molecular weight excluding hydrogens is 124 g/mol. The van der Waals surface area contributed by atoms with Gasteiger partial charge in [-0.15, -0.1) is 0 Å². The number of hydrogen-bond acceptors (Lipinski definition) is 1. The van der Waals surface area contributed by atoms with Gasteiger partial charge in [-0.1, -0.05) is 25.2 Å². The molecule has 0 aromatic carbocycles. The van der Waals surface area contributed by atoms with Crippen molar-refractivity contribution in [2.75, 3.05) is 0 Å². The van der Waals surface area contributed by atoms with E-state index >= 15 is 0 Å². The first-order valence-electron chi connectivity index (χ1n) is 3.38. The molecule has 1 unspecified atom stereocenters. The van der Waals surface area contributed by atoms with Crippen LogP contribution in [0.2, 0.25) is 0 Å². The summed E-state index contributed by atoms with van der Waals surface area (Å²) in [5.41, 5.74) is 1.08. The summed E-state index contributed by atoms with van der Waals surface area (Å²) in [7, 11) is 0. The van der Waals surface area contributed by atoms with E-state index in [-0.39, 0.29) is 5.78 Å². The summed E-state index contributed by atoms with van der Waals surface area (Å²) in [5.74, 6) is 0.400. The van der Waals surface area contributed by atoms with Crippen molar-refractivity contribution in [3.05, 3.63) is 24.3 Å². The molecule has 0 amide bonds. The second-order valence-corrected chi connectivity index (χ2v) is 2.60. The summed E-state index contributed by atoms with van der Waals surface area (Å²) in [6.07, 6.45) is 3.45. The van der Waals surface area contributed by atoms with Gasteiger partial charge in [0.25, 0.3) is 0 Å². The number of rotatable bonds is 3. The molecule has 0 aliphatic rings. The lowest BCUT2D eigenvalue weighted by Crippen LogP contribution is -1.90. The number of carbonyl (C=O) groups is 1. The molecule has 0 rings (SSSR count). The predicted octanol–water partition coefficient (Wildman–Crippen LogP) is 2.34. The minimum Gasteiger partial charge on any atom is -0.295 e. The van der Waals surface area contributed by atoms with Crippen LogP contribution in [0.5, 0.6) is 0 Å². The molecule has 0 N–H and O–H groups in total. The molecule has 0 heterocycles. The van der Waals surface area contributed by atoms with Crippen LogP contribution in [0.1, 0.15) is 20.8 Å². The minimum absolute atomic E-state index is 0.0908. The van der Waals surface area contributed by atoms with E-state index in [0.29, 0.717) is 5.92 Å². The summed E-state index contributed by atoms with van der Waals surface area (Å²) in [6, 6.07) is 0. The van der Waals surface area contributed by atoms with E-state index in [1.54, 1.807) is 13.0 Å². The Morgan fingerprint density at radius 1 is 1.50 bits per heavy atom. The molecule has 0 saturated heterocycles. The molecule has 0 bridgehead atoms. The third kappa shape index (κ3) is 4.07. The van der Waals surface area contributed by atoms with Gasteiger partial charge in [0.15, 0.2) is 5.78 Å². The Balaban J connectivity index is 3.89. The SMILES string of the molecule is C=C(C)C(C)C=CC(C)=O. The van der Waals surface area contributed by atoms with Crippen LogP contribution in [0.15, 0.2) is 24.3 Å². The molecule has 0 spiro atoms. The smallest absolute Gasteiger partial charge is 0.152 e. The van der Waals surface area contributed by atoms with Crippen molar-refractivity contribution in [3.8, 4) is 0 Å². The maximum Gasteiger partial charge on any atom is 0.152 e. The van der Waals surface area contributed by atoms with Gasteiger partial charge in [-0.2, -0.15) is 0 Å². The van der Waals surface area contributed by atoms with Crippen molar-refractivity contribution in [2.45, 2.75) is 20.8 Å². The van der Waals surface area contributed by atoms with E-state index in [1.165, 1.54) is 0 Å². The van der Waals surface area contributed by atoms with E-state index in [0.717, 1.165) is 5.57 Å². The van der Waals surface area contributed by atoms with Gasteiger partial charge in [0.1, 0.15) is 0 Å². The lowest BCUT2D eigenvalue weighted by atomic mass is 10.0. The number of allylic oxidation sites excluding steroid dienone is 3. The first kappa shape index (κ1) is 9.15. The summed E-state index contributed by atoms with van der Waals surface area (Å²) in [6.45, 7) is 9.28. The third-order valence-corrected chi connectivity index (χ3v) is 1.40. The lowest BCUT2D eigenvalue weighted by Gasteiger charge is -2.01. The van der Waals surface area contributed by atoms with Gasteiger partial charge < -0.3 is 0 Å². The van der Waals surface area contributed by atoms with Gasteiger partial charge >= 0.3 is 0 Å². The van der Waals surface area contributed by atoms with Crippen LogP contribution in [0.25, 0.3) is 0 Å². The van der Waals surface area contributed by atoms with Crippen molar-refractivity contribution in [1.82, 2.24) is 0 Å². The molecule has 0 aromatic rings. The average molecular weight is 138 g/mol. The highest BCUT2D eigenvalue weighted by Gasteiger charge is 1.95. The van der Waals surface area contributed by atoms with E-state index in [4.69, 9.17) is 0 Å². The second-order valence-electron chi connectivity index (χ2n) is 2.60. The van der Waals surface area contributed by atoms with Gasteiger partial charge in [-0.3, -0.25) is 4.79 Å². The molecule has 0 aromatic heterocycles.